The number of carboxylic acid groups (broad SMARTS) is 1. The third-order valence-corrected chi connectivity index (χ3v) is 6.70. The largest absolute Gasteiger partial charge is 0.497 e. The average molecular weight is 469 g/mol. The van der Waals surface area contributed by atoms with Crippen molar-refractivity contribution < 1.29 is 27.9 Å². The molecule has 1 amide bonds. The number of nitrogens with one attached hydrogen (secondary N) is 1. The Balaban J connectivity index is 1.92. The van der Waals surface area contributed by atoms with Crippen molar-refractivity contribution in [3.63, 3.8) is 0 Å². The van der Waals surface area contributed by atoms with Crippen molar-refractivity contribution in [1.29, 1.82) is 0 Å². The molecule has 0 fully saturated rings. The quantitative estimate of drug-likeness (QED) is 0.495. The number of aromatic carboxylic acids is 1. The van der Waals surface area contributed by atoms with Crippen LogP contribution in [0.2, 0.25) is 0 Å². The van der Waals surface area contributed by atoms with Gasteiger partial charge in [-0.3, -0.25) is 4.79 Å². The topological polar surface area (TPSA) is 113 Å². The van der Waals surface area contributed by atoms with Crippen molar-refractivity contribution in [2.75, 3.05) is 12.4 Å². The van der Waals surface area contributed by atoms with Gasteiger partial charge in [-0.15, -0.1) is 0 Å². The SMILES string of the molecule is COc1ccc(CN(Cc2ccc(NC(C)=O)cc2)S(=O)(=O)c2ccc(C(=O)O)cc2)cc1. The normalized spacial score (nSPS) is 11.2. The Morgan fingerprint density at radius 3 is 1.85 bits per heavy atom. The van der Waals surface area contributed by atoms with Crippen molar-refractivity contribution in [2.24, 2.45) is 0 Å². The molecule has 9 heteroatoms. The van der Waals surface area contributed by atoms with Crippen LogP contribution in [0.15, 0.2) is 77.7 Å². The highest BCUT2D eigenvalue weighted by molar-refractivity contribution is 7.89. The zero-order chi connectivity index (χ0) is 24.0. The fraction of sp³-hybridized carbons (Fsp3) is 0.167. The minimum atomic E-state index is -3.95. The molecule has 0 saturated carbocycles. The van der Waals surface area contributed by atoms with Gasteiger partial charge in [-0.05, 0) is 59.7 Å². The maximum atomic E-state index is 13.5. The van der Waals surface area contributed by atoms with Crippen LogP contribution in [-0.2, 0) is 27.9 Å². The summed E-state index contributed by atoms with van der Waals surface area (Å²) < 4.78 is 33.4. The van der Waals surface area contributed by atoms with Gasteiger partial charge in [0, 0.05) is 25.7 Å². The lowest BCUT2D eigenvalue weighted by Gasteiger charge is -2.23. The van der Waals surface area contributed by atoms with Gasteiger partial charge in [-0.2, -0.15) is 4.31 Å². The highest BCUT2D eigenvalue weighted by Gasteiger charge is 2.25. The van der Waals surface area contributed by atoms with Gasteiger partial charge in [0.1, 0.15) is 5.75 Å². The van der Waals surface area contributed by atoms with Crippen LogP contribution in [-0.4, -0.2) is 36.8 Å². The van der Waals surface area contributed by atoms with Crippen LogP contribution < -0.4 is 10.1 Å². The Morgan fingerprint density at radius 1 is 0.879 bits per heavy atom. The van der Waals surface area contributed by atoms with Crippen LogP contribution in [0.4, 0.5) is 5.69 Å². The van der Waals surface area contributed by atoms with Gasteiger partial charge in [-0.1, -0.05) is 24.3 Å². The van der Waals surface area contributed by atoms with E-state index in [-0.39, 0.29) is 29.5 Å². The Morgan fingerprint density at radius 2 is 1.39 bits per heavy atom. The summed E-state index contributed by atoms with van der Waals surface area (Å²) in [6.45, 7) is 1.59. The zero-order valence-electron chi connectivity index (χ0n) is 18.2. The molecule has 0 radical (unpaired) electrons. The van der Waals surface area contributed by atoms with E-state index in [4.69, 9.17) is 9.84 Å². The number of methoxy groups -OCH3 is 1. The Kier molecular flexibility index (Phi) is 7.47. The molecule has 0 aromatic heterocycles. The first-order valence-corrected chi connectivity index (χ1v) is 11.5. The molecule has 3 aromatic rings. The molecule has 0 saturated heterocycles. The molecule has 2 N–H and O–H groups in total. The van der Waals surface area contributed by atoms with E-state index in [1.54, 1.807) is 55.6 Å². The van der Waals surface area contributed by atoms with E-state index in [0.29, 0.717) is 11.4 Å². The summed E-state index contributed by atoms with van der Waals surface area (Å²) in [5.74, 6) is -0.671. The van der Waals surface area contributed by atoms with Gasteiger partial charge in [-0.25, -0.2) is 13.2 Å². The van der Waals surface area contributed by atoms with E-state index in [9.17, 15) is 18.0 Å². The third kappa shape index (κ3) is 6.18. The van der Waals surface area contributed by atoms with E-state index in [1.807, 2.05) is 0 Å². The average Bonchev–Trinajstić information content (AvgIpc) is 2.80. The van der Waals surface area contributed by atoms with E-state index in [0.717, 1.165) is 11.1 Å². The molecule has 0 aliphatic rings. The summed E-state index contributed by atoms with van der Waals surface area (Å²) in [7, 11) is -2.39. The number of carbonyl (C=O) groups is 2. The van der Waals surface area contributed by atoms with Crippen molar-refractivity contribution in [1.82, 2.24) is 4.31 Å². The van der Waals surface area contributed by atoms with Crippen molar-refractivity contribution in [3.05, 3.63) is 89.5 Å². The van der Waals surface area contributed by atoms with Crippen molar-refractivity contribution >= 4 is 27.6 Å². The number of amides is 1. The first-order valence-electron chi connectivity index (χ1n) is 10.0. The molecular formula is C24H24N2O6S. The Bertz CT molecular complexity index is 1220. The molecule has 3 aromatic carbocycles. The Hall–Kier alpha value is -3.69. The summed E-state index contributed by atoms with van der Waals surface area (Å²) in [6.07, 6.45) is 0. The van der Waals surface area contributed by atoms with Gasteiger partial charge in [0.05, 0.1) is 17.6 Å². The Labute approximate surface area is 192 Å². The molecular weight excluding hydrogens is 444 g/mol. The van der Waals surface area contributed by atoms with Crippen molar-refractivity contribution in [3.8, 4) is 5.75 Å². The van der Waals surface area contributed by atoms with Gasteiger partial charge in [0.25, 0.3) is 0 Å². The number of anilines is 1. The summed E-state index contributed by atoms with van der Waals surface area (Å²) in [4.78, 5) is 22.4. The number of hydrogen-bond acceptors (Lipinski definition) is 5. The minimum Gasteiger partial charge on any atom is -0.497 e. The fourth-order valence-corrected chi connectivity index (χ4v) is 4.60. The monoisotopic (exact) mass is 468 g/mol. The number of hydrogen-bond donors (Lipinski definition) is 2. The summed E-state index contributed by atoms with van der Waals surface area (Å²) in [5, 5.41) is 11.8. The maximum Gasteiger partial charge on any atom is 0.335 e. The summed E-state index contributed by atoms with van der Waals surface area (Å²) in [5.41, 5.74) is 2.10. The van der Waals surface area contributed by atoms with Gasteiger partial charge < -0.3 is 15.2 Å². The summed E-state index contributed by atoms with van der Waals surface area (Å²) in [6, 6.07) is 19.1. The molecule has 8 nitrogen and oxygen atoms in total. The van der Waals surface area contributed by atoms with E-state index in [1.165, 1.54) is 35.5 Å². The highest BCUT2D eigenvalue weighted by Crippen LogP contribution is 2.23. The van der Waals surface area contributed by atoms with Crippen LogP contribution in [0, 0.1) is 0 Å². The highest BCUT2D eigenvalue weighted by atomic mass is 32.2. The molecule has 172 valence electrons. The van der Waals surface area contributed by atoms with Crippen LogP contribution in [0.1, 0.15) is 28.4 Å². The second kappa shape index (κ2) is 10.3. The number of carboxylic acids is 1. The second-order valence-corrected chi connectivity index (χ2v) is 9.27. The number of ether oxygens (including phenoxy) is 1. The molecule has 0 aliphatic heterocycles. The van der Waals surface area contributed by atoms with Crippen LogP contribution in [0.25, 0.3) is 0 Å². The number of benzene rings is 3. The predicted octanol–water partition coefficient (Wildman–Crippen LogP) is 3.74. The number of rotatable bonds is 9. The van der Waals surface area contributed by atoms with Gasteiger partial charge in [0.15, 0.2) is 0 Å². The predicted molar refractivity (Wildman–Crippen MR) is 124 cm³/mol. The lowest BCUT2D eigenvalue weighted by Crippen LogP contribution is -2.30. The lowest BCUT2D eigenvalue weighted by atomic mass is 10.2. The molecule has 3 rings (SSSR count). The van der Waals surface area contributed by atoms with E-state index in [2.05, 4.69) is 5.32 Å². The lowest BCUT2D eigenvalue weighted by molar-refractivity contribution is -0.114. The molecule has 0 aliphatic carbocycles. The van der Waals surface area contributed by atoms with Gasteiger partial charge >= 0.3 is 5.97 Å². The minimum absolute atomic E-state index is 0.00382. The molecule has 33 heavy (non-hydrogen) atoms. The van der Waals surface area contributed by atoms with Gasteiger partial charge in [0.2, 0.25) is 15.9 Å². The number of carbonyl (C=O) groups excluding carboxylic acids is 1. The van der Waals surface area contributed by atoms with Crippen LogP contribution in [0.5, 0.6) is 5.75 Å². The molecule has 0 atom stereocenters. The fourth-order valence-electron chi connectivity index (χ4n) is 3.18. The standard InChI is InChI=1S/C24H24N2O6S/c1-17(27)25-21-9-3-18(4-10-21)15-26(16-19-5-11-22(32-2)12-6-19)33(30,31)23-13-7-20(8-14-23)24(28)29/h3-14H,15-16H2,1-2H3,(H,25,27)(H,28,29). The van der Waals surface area contributed by atoms with Crippen LogP contribution >= 0.6 is 0 Å². The maximum absolute atomic E-state index is 13.5. The molecule has 0 heterocycles. The third-order valence-electron chi connectivity index (χ3n) is 4.89. The molecule has 0 unspecified atom stereocenters. The summed E-state index contributed by atoms with van der Waals surface area (Å²) >= 11 is 0. The zero-order valence-corrected chi connectivity index (χ0v) is 19.0. The van der Waals surface area contributed by atoms with Crippen molar-refractivity contribution in [2.45, 2.75) is 24.9 Å². The number of nitrogens with zero attached hydrogens (tertiary/aromatic N) is 1. The first kappa shape index (κ1) is 24.0. The van der Waals surface area contributed by atoms with E-state index >= 15 is 0 Å². The van der Waals surface area contributed by atoms with E-state index < -0.39 is 16.0 Å². The smallest absolute Gasteiger partial charge is 0.335 e. The molecule has 0 bridgehead atoms. The first-order chi connectivity index (χ1) is 15.7. The number of sulfonamides is 1. The molecule has 0 spiro atoms. The van der Waals surface area contributed by atoms with Crippen LogP contribution in [0.3, 0.4) is 0 Å². The second-order valence-electron chi connectivity index (χ2n) is 7.33.